The van der Waals surface area contributed by atoms with Crippen molar-refractivity contribution in [2.24, 2.45) is 5.92 Å². The Morgan fingerprint density at radius 3 is 2.17 bits per heavy atom. The van der Waals surface area contributed by atoms with E-state index in [1.807, 2.05) is 0 Å². The van der Waals surface area contributed by atoms with Crippen LogP contribution in [0.3, 0.4) is 0 Å². The molecule has 0 radical (unpaired) electrons. The van der Waals surface area contributed by atoms with Gasteiger partial charge in [0.1, 0.15) is 0 Å². The molecule has 0 aliphatic carbocycles. The van der Waals surface area contributed by atoms with E-state index in [2.05, 4.69) is 39.6 Å². The zero-order valence-corrected chi connectivity index (χ0v) is 9.09. The van der Waals surface area contributed by atoms with Crippen LogP contribution in [0.5, 0.6) is 0 Å². The van der Waals surface area contributed by atoms with E-state index in [1.165, 1.54) is 0 Å². The molecule has 74 valence electrons. The first-order valence-corrected chi connectivity index (χ1v) is 4.85. The molecular weight excluding hydrogens is 150 g/mol. The van der Waals surface area contributed by atoms with Crippen LogP contribution in [0.1, 0.15) is 34.1 Å². The average Bonchev–Trinajstić information content (AvgIpc) is 2.13. The van der Waals surface area contributed by atoms with Crippen LogP contribution in [0.15, 0.2) is 0 Å². The smallest absolute Gasteiger partial charge is 0.0615 e. The summed E-state index contributed by atoms with van der Waals surface area (Å²) in [5, 5.41) is 9.35. The van der Waals surface area contributed by atoms with E-state index < -0.39 is 0 Å². The second-order valence-electron chi connectivity index (χ2n) is 3.84. The van der Waals surface area contributed by atoms with Crippen LogP contribution in [0.2, 0.25) is 0 Å². The zero-order chi connectivity index (χ0) is 9.78. The van der Waals surface area contributed by atoms with E-state index in [-0.39, 0.29) is 12.1 Å². The number of aliphatic hydroxyl groups excluding tert-OH is 1. The maximum Gasteiger partial charge on any atom is 0.0615 e. The third-order valence-corrected chi connectivity index (χ3v) is 3.34. The summed E-state index contributed by atoms with van der Waals surface area (Å²) in [4.78, 5) is 2.22. The van der Waals surface area contributed by atoms with E-state index in [4.69, 9.17) is 0 Å². The molecule has 12 heavy (non-hydrogen) atoms. The lowest BCUT2D eigenvalue weighted by Gasteiger charge is -2.41. The molecule has 0 fully saturated rings. The third-order valence-electron chi connectivity index (χ3n) is 3.34. The molecule has 0 heterocycles. The predicted octanol–water partition coefficient (Wildman–Crippen LogP) is 1.74. The van der Waals surface area contributed by atoms with Gasteiger partial charge in [0.25, 0.3) is 0 Å². The van der Waals surface area contributed by atoms with Crippen LogP contribution in [-0.4, -0.2) is 35.7 Å². The van der Waals surface area contributed by atoms with Crippen molar-refractivity contribution in [2.45, 2.75) is 39.7 Å². The van der Waals surface area contributed by atoms with Crippen molar-refractivity contribution in [1.29, 1.82) is 0 Å². The van der Waals surface area contributed by atoms with Crippen LogP contribution >= 0.6 is 0 Å². The number of nitrogens with zero attached hydrogens (tertiary/aromatic N) is 1. The fourth-order valence-corrected chi connectivity index (χ4v) is 1.45. The van der Waals surface area contributed by atoms with Gasteiger partial charge in [0.05, 0.1) is 6.61 Å². The van der Waals surface area contributed by atoms with Crippen molar-refractivity contribution in [3.05, 3.63) is 0 Å². The number of likely N-dealkylation sites (N-methyl/N-ethyl adjacent to an activating group) is 1. The molecule has 0 saturated heterocycles. The van der Waals surface area contributed by atoms with Crippen molar-refractivity contribution in [3.8, 4) is 0 Å². The van der Waals surface area contributed by atoms with Crippen molar-refractivity contribution in [1.82, 2.24) is 4.90 Å². The molecule has 0 aromatic heterocycles. The molecule has 0 aromatic rings. The molecule has 0 aromatic carbocycles. The monoisotopic (exact) mass is 173 g/mol. The van der Waals surface area contributed by atoms with Crippen molar-refractivity contribution >= 4 is 0 Å². The highest BCUT2D eigenvalue weighted by Crippen LogP contribution is 2.25. The summed E-state index contributed by atoms with van der Waals surface area (Å²) in [6.07, 6.45) is 1.11. The van der Waals surface area contributed by atoms with E-state index in [1.54, 1.807) is 0 Å². The van der Waals surface area contributed by atoms with Crippen molar-refractivity contribution < 1.29 is 5.11 Å². The van der Waals surface area contributed by atoms with Crippen LogP contribution in [0.25, 0.3) is 0 Å². The number of rotatable bonds is 5. The van der Waals surface area contributed by atoms with Gasteiger partial charge < -0.3 is 5.11 Å². The quantitative estimate of drug-likeness (QED) is 0.684. The summed E-state index contributed by atoms with van der Waals surface area (Å²) in [7, 11) is 2.07. The normalized spacial score (nSPS) is 19.2. The van der Waals surface area contributed by atoms with Crippen LogP contribution in [0.4, 0.5) is 0 Å². The van der Waals surface area contributed by atoms with Gasteiger partial charge in [0.15, 0.2) is 0 Å². The van der Waals surface area contributed by atoms with Gasteiger partial charge in [-0.2, -0.15) is 0 Å². The van der Waals surface area contributed by atoms with E-state index in [0.29, 0.717) is 5.92 Å². The summed E-state index contributed by atoms with van der Waals surface area (Å²) in [6.45, 7) is 9.85. The summed E-state index contributed by atoms with van der Waals surface area (Å²) in [5.41, 5.74) is -0.0521. The average molecular weight is 173 g/mol. The van der Waals surface area contributed by atoms with Crippen LogP contribution in [-0.2, 0) is 0 Å². The highest BCUT2D eigenvalue weighted by atomic mass is 16.3. The molecule has 2 heteroatoms. The molecule has 2 atom stereocenters. The highest BCUT2D eigenvalue weighted by molar-refractivity contribution is 4.87. The van der Waals surface area contributed by atoms with Gasteiger partial charge in [0.2, 0.25) is 0 Å². The third kappa shape index (κ3) is 2.20. The summed E-state index contributed by atoms with van der Waals surface area (Å²) in [5.74, 6) is 0.535. The molecule has 2 unspecified atom stereocenters. The van der Waals surface area contributed by atoms with Gasteiger partial charge in [0, 0.05) is 5.54 Å². The Bertz CT molecular complexity index is 115. The van der Waals surface area contributed by atoms with Crippen LogP contribution in [0, 0.1) is 5.92 Å². The molecule has 0 aliphatic rings. The summed E-state index contributed by atoms with van der Waals surface area (Å²) >= 11 is 0. The summed E-state index contributed by atoms with van der Waals surface area (Å²) < 4.78 is 0. The Hall–Kier alpha value is -0.0800. The minimum Gasteiger partial charge on any atom is -0.394 e. The standard InChI is InChI=1S/C10H23NO/c1-6-9(3)10(4,8-12)11(5)7-2/h9,12H,6-8H2,1-5H3. The maximum atomic E-state index is 9.35. The fraction of sp³-hybridized carbons (Fsp3) is 1.00. The van der Waals surface area contributed by atoms with Crippen molar-refractivity contribution in [3.63, 3.8) is 0 Å². The molecule has 0 rings (SSSR count). The highest BCUT2D eigenvalue weighted by Gasteiger charge is 2.32. The van der Waals surface area contributed by atoms with E-state index >= 15 is 0 Å². The second-order valence-corrected chi connectivity index (χ2v) is 3.84. The summed E-state index contributed by atoms with van der Waals surface area (Å²) in [6, 6.07) is 0. The Labute approximate surface area is 76.6 Å². The minimum absolute atomic E-state index is 0.0521. The molecular formula is C10H23NO. The Morgan fingerprint density at radius 1 is 1.42 bits per heavy atom. The van der Waals surface area contributed by atoms with Crippen LogP contribution < -0.4 is 0 Å². The Morgan fingerprint density at radius 2 is 1.92 bits per heavy atom. The number of hydrogen-bond acceptors (Lipinski definition) is 2. The largest absolute Gasteiger partial charge is 0.394 e. The SMILES string of the molecule is CCC(C)C(C)(CO)N(C)CC. The molecule has 0 bridgehead atoms. The first kappa shape index (κ1) is 11.9. The second kappa shape index (κ2) is 4.83. The van der Waals surface area contributed by atoms with Gasteiger partial charge >= 0.3 is 0 Å². The lowest BCUT2D eigenvalue weighted by molar-refractivity contribution is 0.0226. The molecule has 0 aliphatic heterocycles. The zero-order valence-electron chi connectivity index (χ0n) is 9.09. The Kier molecular flexibility index (Phi) is 4.80. The van der Waals surface area contributed by atoms with E-state index in [0.717, 1.165) is 13.0 Å². The van der Waals surface area contributed by atoms with E-state index in [9.17, 15) is 5.11 Å². The number of aliphatic hydroxyl groups is 1. The number of hydrogen-bond donors (Lipinski definition) is 1. The first-order valence-electron chi connectivity index (χ1n) is 4.85. The first-order chi connectivity index (χ1) is 5.52. The Balaban J connectivity index is 4.42. The molecule has 0 saturated carbocycles. The lowest BCUT2D eigenvalue weighted by Crippen LogP contribution is -2.51. The van der Waals surface area contributed by atoms with Crippen molar-refractivity contribution in [2.75, 3.05) is 20.2 Å². The minimum atomic E-state index is -0.0521. The molecule has 2 nitrogen and oxygen atoms in total. The predicted molar refractivity (Wildman–Crippen MR) is 53.2 cm³/mol. The molecule has 1 N–H and O–H groups in total. The molecule has 0 amide bonds. The fourth-order valence-electron chi connectivity index (χ4n) is 1.45. The van der Waals surface area contributed by atoms with Gasteiger partial charge in [-0.1, -0.05) is 27.2 Å². The molecule has 0 spiro atoms. The van der Waals surface area contributed by atoms with Gasteiger partial charge in [-0.3, -0.25) is 4.90 Å². The van der Waals surface area contributed by atoms with Gasteiger partial charge in [-0.05, 0) is 26.4 Å². The van der Waals surface area contributed by atoms with Gasteiger partial charge in [-0.15, -0.1) is 0 Å². The topological polar surface area (TPSA) is 23.5 Å². The maximum absolute atomic E-state index is 9.35. The van der Waals surface area contributed by atoms with Gasteiger partial charge in [-0.25, -0.2) is 0 Å². The lowest BCUT2D eigenvalue weighted by atomic mass is 9.84.